The number of nitrogens with zero attached hydrogens (tertiary/aromatic N) is 4. The van der Waals surface area contributed by atoms with Gasteiger partial charge in [-0.15, -0.1) is 0 Å². The molecule has 1 aliphatic carbocycles. The molecular formula is C21H22N4O. The van der Waals surface area contributed by atoms with E-state index in [1.54, 1.807) is 0 Å². The largest absolute Gasteiger partial charge is 0.331 e. The molecule has 0 bridgehead atoms. The predicted molar refractivity (Wildman–Crippen MR) is 99.9 cm³/mol. The molecule has 5 heteroatoms. The second kappa shape index (κ2) is 5.94. The van der Waals surface area contributed by atoms with E-state index in [2.05, 4.69) is 5.10 Å². The summed E-state index contributed by atoms with van der Waals surface area (Å²) in [4.78, 5) is 20.3. The lowest BCUT2D eigenvalue weighted by Gasteiger charge is -2.25. The van der Waals surface area contributed by atoms with Crippen LogP contribution in [0.3, 0.4) is 0 Å². The Hall–Kier alpha value is -2.69. The van der Waals surface area contributed by atoms with Gasteiger partial charge in [0.05, 0.1) is 23.3 Å². The molecular weight excluding hydrogens is 324 g/mol. The van der Waals surface area contributed by atoms with E-state index in [1.807, 2.05) is 59.4 Å². The van der Waals surface area contributed by atoms with Crippen LogP contribution in [0.1, 0.15) is 59.3 Å². The fourth-order valence-electron chi connectivity index (χ4n) is 4.08. The molecule has 1 saturated carbocycles. The van der Waals surface area contributed by atoms with Gasteiger partial charge in [-0.3, -0.25) is 14.5 Å². The third-order valence-electron chi connectivity index (χ3n) is 5.59. The second-order valence-electron chi connectivity index (χ2n) is 7.49. The minimum atomic E-state index is 0.118. The summed E-state index contributed by atoms with van der Waals surface area (Å²) >= 11 is 0. The maximum Gasteiger partial charge on any atom is 0.255 e. The summed E-state index contributed by atoms with van der Waals surface area (Å²) in [5.41, 5.74) is 3.92. The van der Waals surface area contributed by atoms with Crippen LogP contribution in [-0.4, -0.2) is 32.1 Å². The van der Waals surface area contributed by atoms with Crippen molar-refractivity contribution < 1.29 is 4.79 Å². The number of aromatic nitrogens is 3. The fraction of sp³-hybridized carbons (Fsp3) is 0.381. The van der Waals surface area contributed by atoms with Crippen LogP contribution in [-0.2, 0) is 7.05 Å². The highest BCUT2D eigenvalue weighted by Crippen LogP contribution is 2.41. The zero-order valence-corrected chi connectivity index (χ0v) is 14.9. The van der Waals surface area contributed by atoms with Crippen LogP contribution >= 0.6 is 0 Å². The third-order valence-corrected chi connectivity index (χ3v) is 5.59. The summed E-state index contributed by atoms with van der Waals surface area (Å²) < 4.78 is 1.81. The van der Waals surface area contributed by atoms with Crippen molar-refractivity contribution >= 4 is 16.8 Å². The van der Waals surface area contributed by atoms with Crippen molar-refractivity contribution in [3.05, 3.63) is 59.5 Å². The number of fused-ring (bicyclic) bond motifs is 1. The molecule has 1 amide bonds. The molecule has 2 aliphatic rings. The number of benzene rings is 1. The molecule has 132 valence electrons. The van der Waals surface area contributed by atoms with Gasteiger partial charge < -0.3 is 4.90 Å². The molecule has 5 rings (SSSR count). The van der Waals surface area contributed by atoms with Gasteiger partial charge >= 0.3 is 0 Å². The highest BCUT2D eigenvalue weighted by atomic mass is 16.2. The first kappa shape index (κ1) is 15.6. The molecule has 0 N–H and O–H groups in total. The van der Waals surface area contributed by atoms with Gasteiger partial charge in [-0.2, -0.15) is 5.10 Å². The first-order chi connectivity index (χ1) is 12.7. The molecule has 0 radical (unpaired) electrons. The van der Waals surface area contributed by atoms with Crippen molar-refractivity contribution in [1.29, 1.82) is 0 Å². The van der Waals surface area contributed by atoms with Crippen LogP contribution in [0.25, 0.3) is 10.9 Å². The monoisotopic (exact) mass is 346 g/mol. The summed E-state index contributed by atoms with van der Waals surface area (Å²) in [7, 11) is 1.92. The van der Waals surface area contributed by atoms with E-state index in [-0.39, 0.29) is 11.9 Å². The number of hydrogen-bond donors (Lipinski definition) is 0. The Labute approximate surface area is 152 Å². The van der Waals surface area contributed by atoms with E-state index in [0.29, 0.717) is 5.92 Å². The molecule has 1 aromatic carbocycles. The van der Waals surface area contributed by atoms with Crippen LogP contribution in [0.2, 0.25) is 0 Å². The zero-order valence-electron chi connectivity index (χ0n) is 14.9. The Morgan fingerprint density at radius 3 is 2.81 bits per heavy atom. The molecule has 0 unspecified atom stereocenters. The maximum atomic E-state index is 13.5. The fourth-order valence-corrected chi connectivity index (χ4v) is 4.08. The highest BCUT2D eigenvalue weighted by molar-refractivity contribution is 6.06. The van der Waals surface area contributed by atoms with Gasteiger partial charge in [-0.25, -0.2) is 0 Å². The lowest BCUT2D eigenvalue weighted by Crippen LogP contribution is -2.30. The van der Waals surface area contributed by atoms with Gasteiger partial charge in [0.1, 0.15) is 0 Å². The lowest BCUT2D eigenvalue weighted by atomic mass is 10.0. The van der Waals surface area contributed by atoms with E-state index in [9.17, 15) is 4.79 Å². The van der Waals surface area contributed by atoms with E-state index in [1.165, 1.54) is 12.8 Å². The summed E-state index contributed by atoms with van der Waals surface area (Å²) in [6.07, 6.45) is 8.30. The quantitative estimate of drug-likeness (QED) is 0.724. The van der Waals surface area contributed by atoms with Gasteiger partial charge in [0.2, 0.25) is 0 Å². The Bertz CT molecular complexity index is 989. The minimum Gasteiger partial charge on any atom is -0.331 e. The number of para-hydroxylation sites is 1. The third kappa shape index (κ3) is 2.59. The minimum absolute atomic E-state index is 0.118. The number of hydrogen-bond acceptors (Lipinski definition) is 3. The lowest BCUT2D eigenvalue weighted by molar-refractivity contribution is 0.0737. The Kier molecular flexibility index (Phi) is 3.55. The van der Waals surface area contributed by atoms with E-state index >= 15 is 0 Å². The molecule has 0 spiro atoms. The SMILES string of the molecule is Cn1cc([C@@H]2CCCN2C(=O)c2cc(C3CC3)nc3ccccc23)cn1. The predicted octanol–water partition coefficient (Wildman–Crippen LogP) is 3.82. The average molecular weight is 346 g/mol. The highest BCUT2D eigenvalue weighted by Gasteiger charge is 2.33. The van der Waals surface area contributed by atoms with Crippen molar-refractivity contribution in [2.75, 3.05) is 6.54 Å². The van der Waals surface area contributed by atoms with Crippen molar-refractivity contribution in [2.45, 2.75) is 37.6 Å². The number of likely N-dealkylation sites (tertiary alicyclic amines) is 1. The van der Waals surface area contributed by atoms with Crippen molar-refractivity contribution in [1.82, 2.24) is 19.7 Å². The normalized spacial score (nSPS) is 20.0. The van der Waals surface area contributed by atoms with Gasteiger partial charge in [-0.05, 0) is 37.8 Å². The van der Waals surface area contributed by atoms with Gasteiger partial charge in [-0.1, -0.05) is 18.2 Å². The molecule has 3 heterocycles. The molecule has 5 nitrogen and oxygen atoms in total. The number of pyridine rings is 1. The van der Waals surface area contributed by atoms with Crippen LogP contribution in [0.15, 0.2) is 42.7 Å². The maximum absolute atomic E-state index is 13.5. The zero-order chi connectivity index (χ0) is 17.7. The van der Waals surface area contributed by atoms with E-state index < -0.39 is 0 Å². The summed E-state index contributed by atoms with van der Waals surface area (Å²) in [6.45, 7) is 0.799. The summed E-state index contributed by atoms with van der Waals surface area (Å²) in [5.74, 6) is 0.649. The molecule has 1 saturated heterocycles. The van der Waals surface area contributed by atoms with Gasteiger partial charge in [0.25, 0.3) is 5.91 Å². The summed E-state index contributed by atoms with van der Waals surface area (Å²) in [5, 5.41) is 5.25. The van der Waals surface area contributed by atoms with Crippen molar-refractivity contribution in [3.8, 4) is 0 Å². The number of carbonyl (C=O) groups is 1. The number of rotatable bonds is 3. The standard InChI is InChI=1S/C21H22N4O/c1-24-13-15(12-22-24)20-7-4-10-25(20)21(26)17-11-19(14-8-9-14)23-18-6-3-2-5-16(17)18/h2-3,5-6,11-14,20H,4,7-10H2,1H3/t20-/m0/s1. The van der Waals surface area contributed by atoms with Crippen LogP contribution in [0.5, 0.6) is 0 Å². The van der Waals surface area contributed by atoms with Crippen LogP contribution in [0.4, 0.5) is 0 Å². The molecule has 1 atom stereocenters. The number of aryl methyl sites for hydroxylation is 1. The van der Waals surface area contributed by atoms with Crippen LogP contribution in [0, 0.1) is 0 Å². The van der Waals surface area contributed by atoms with E-state index in [0.717, 1.165) is 47.1 Å². The van der Waals surface area contributed by atoms with Gasteiger partial charge in [0.15, 0.2) is 0 Å². The van der Waals surface area contributed by atoms with E-state index in [4.69, 9.17) is 4.98 Å². The van der Waals surface area contributed by atoms with Crippen molar-refractivity contribution in [2.24, 2.45) is 7.05 Å². The number of carbonyl (C=O) groups excluding carboxylic acids is 1. The molecule has 2 fully saturated rings. The van der Waals surface area contributed by atoms with Crippen molar-refractivity contribution in [3.63, 3.8) is 0 Å². The van der Waals surface area contributed by atoms with Gasteiger partial charge in [0, 0.05) is 42.4 Å². The smallest absolute Gasteiger partial charge is 0.255 e. The second-order valence-corrected chi connectivity index (χ2v) is 7.49. The molecule has 2 aromatic heterocycles. The topological polar surface area (TPSA) is 51.0 Å². The first-order valence-corrected chi connectivity index (χ1v) is 9.40. The first-order valence-electron chi connectivity index (χ1n) is 9.40. The van der Waals surface area contributed by atoms with Crippen LogP contribution < -0.4 is 0 Å². The Morgan fingerprint density at radius 1 is 1.19 bits per heavy atom. The average Bonchev–Trinajstić information content (AvgIpc) is 3.24. The Morgan fingerprint density at radius 2 is 2.04 bits per heavy atom. The molecule has 26 heavy (non-hydrogen) atoms. The molecule has 1 aliphatic heterocycles. The molecule has 3 aromatic rings. The summed E-state index contributed by atoms with van der Waals surface area (Å²) in [6, 6.07) is 10.2. The Balaban J connectivity index is 1.57. The number of amides is 1.